The highest BCUT2D eigenvalue weighted by Gasteiger charge is 2.22. The number of nitrogens with two attached hydrogens (primary N) is 1. The van der Waals surface area contributed by atoms with E-state index in [1.165, 1.54) is 0 Å². The molecular formula is C10H19N5O. The van der Waals surface area contributed by atoms with Gasteiger partial charge in [0.1, 0.15) is 0 Å². The second-order valence-electron chi connectivity index (χ2n) is 4.52. The predicted octanol–water partition coefficient (Wildman–Crippen LogP) is 0.625. The van der Waals surface area contributed by atoms with E-state index >= 15 is 0 Å². The lowest BCUT2D eigenvalue weighted by atomic mass is 10.1. The van der Waals surface area contributed by atoms with Gasteiger partial charge in [0, 0.05) is 25.0 Å². The van der Waals surface area contributed by atoms with E-state index in [1.54, 1.807) is 0 Å². The van der Waals surface area contributed by atoms with Crippen molar-refractivity contribution in [2.24, 2.45) is 5.84 Å². The fourth-order valence-corrected chi connectivity index (χ4v) is 1.83. The van der Waals surface area contributed by atoms with Crippen LogP contribution in [0.15, 0.2) is 4.52 Å². The SMILES string of the molecule is CC(C)c1noc(N2CCC(NN)CC2)n1. The van der Waals surface area contributed by atoms with Gasteiger partial charge >= 0.3 is 6.01 Å². The van der Waals surface area contributed by atoms with Crippen molar-refractivity contribution in [3.63, 3.8) is 0 Å². The highest BCUT2D eigenvalue weighted by atomic mass is 16.5. The fourth-order valence-electron chi connectivity index (χ4n) is 1.83. The summed E-state index contributed by atoms with van der Waals surface area (Å²) in [5.74, 6) is 6.49. The summed E-state index contributed by atoms with van der Waals surface area (Å²) < 4.78 is 5.25. The topological polar surface area (TPSA) is 80.2 Å². The quantitative estimate of drug-likeness (QED) is 0.580. The van der Waals surface area contributed by atoms with Crippen LogP contribution in [0.1, 0.15) is 38.4 Å². The molecule has 90 valence electrons. The van der Waals surface area contributed by atoms with Crippen molar-refractivity contribution >= 4 is 6.01 Å². The van der Waals surface area contributed by atoms with Gasteiger partial charge in [-0.2, -0.15) is 4.98 Å². The van der Waals surface area contributed by atoms with E-state index in [-0.39, 0.29) is 0 Å². The number of piperidine rings is 1. The minimum Gasteiger partial charge on any atom is -0.324 e. The van der Waals surface area contributed by atoms with Gasteiger partial charge in [-0.3, -0.25) is 11.3 Å². The zero-order valence-electron chi connectivity index (χ0n) is 9.81. The largest absolute Gasteiger partial charge is 0.324 e. The van der Waals surface area contributed by atoms with Crippen LogP contribution in [-0.2, 0) is 0 Å². The molecule has 3 N–H and O–H groups in total. The molecule has 0 spiro atoms. The highest BCUT2D eigenvalue weighted by Crippen LogP contribution is 2.20. The molecule has 0 aromatic carbocycles. The van der Waals surface area contributed by atoms with Crippen LogP contribution in [-0.4, -0.2) is 29.3 Å². The normalized spacial score (nSPS) is 18.4. The van der Waals surface area contributed by atoms with E-state index < -0.39 is 0 Å². The van der Waals surface area contributed by atoms with Crippen LogP contribution >= 0.6 is 0 Å². The summed E-state index contributed by atoms with van der Waals surface area (Å²) in [6.45, 7) is 5.93. The van der Waals surface area contributed by atoms with E-state index in [4.69, 9.17) is 10.4 Å². The average molecular weight is 225 g/mol. The summed E-state index contributed by atoms with van der Waals surface area (Å²) in [7, 11) is 0. The molecule has 1 fully saturated rings. The third-order valence-electron chi connectivity index (χ3n) is 2.95. The number of hydrogen-bond donors (Lipinski definition) is 2. The van der Waals surface area contributed by atoms with Gasteiger partial charge < -0.3 is 9.42 Å². The maximum Gasteiger partial charge on any atom is 0.324 e. The van der Waals surface area contributed by atoms with E-state index in [2.05, 4.69) is 34.3 Å². The van der Waals surface area contributed by atoms with Crippen molar-refractivity contribution in [2.75, 3.05) is 18.0 Å². The van der Waals surface area contributed by atoms with Gasteiger partial charge in [0.05, 0.1) is 0 Å². The molecule has 0 unspecified atom stereocenters. The zero-order chi connectivity index (χ0) is 11.5. The van der Waals surface area contributed by atoms with Crippen LogP contribution in [0.25, 0.3) is 0 Å². The predicted molar refractivity (Wildman–Crippen MR) is 60.9 cm³/mol. The Hall–Kier alpha value is -1.14. The lowest BCUT2D eigenvalue weighted by Crippen LogP contribution is -2.45. The highest BCUT2D eigenvalue weighted by molar-refractivity contribution is 5.26. The van der Waals surface area contributed by atoms with Gasteiger partial charge in [-0.05, 0) is 12.8 Å². The summed E-state index contributed by atoms with van der Waals surface area (Å²) in [5.41, 5.74) is 2.81. The molecule has 0 atom stereocenters. The molecule has 2 rings (SSSR count). The zero-order valence-corrected chi connectivity index (χ0v) is 9.81. The Kier molecular flexibility index (Phi) is 3.40. The van der Waals surface area contributed by atoms with Gasteiger partial charge in [-0.25, -0.2) is 0 Å². The molecule has 0 saturated carbocycles. The number of rotatable bonds is 3. The summed E-state index contributed by atoms with van der Waals surface area (Å²) in [6.07, 6.45) is 2.02. The lowest BCUT2D eigenvalue weighted by Gasteiger charge is -2.29. The first-order valence-electron chi connectivity index (χ1n) is 5.75. The Morgan fingerprint density at radius 2 is 2.12 bits per heavy atom. The molecule has 0 aliphatic carbocycles. The van der Waals surface area contributed by atoms with Gasteiger partial charge in [-0.1, -0.05) is 19.0 Å². The first-order chi connectivity index (χ1) is 7.70. The van der Waals surface area contributed by atoms with Crippen LogP contribution in [0.5, 0.6) is 0 Å². The van der Waals surface area contributed by atoms with Crippen molar-refractivity contribution in [3.8, 4) is 0 Å². The molecule has 1 aliphatic heterocycles. The molecule has 6 heteroatoms. The molecule has 2 heterocycles. The molecular weight excluding hydrogens is 206 g/mol. The number of nitrogens with zero attached hydrogens (tertiary/aromatic N) is 3. The van der Waals surface area contributed by atoms with E-state index in [0.717, 1.165) is 31.8 Å². The number of anilines is 1. The standard InChI is InChI=1S/C10H19N5O/c1-7(2)9-12-10(16-14-9)15-5-3-8(13-11)4-6-15/h7-8,13H,3-6,11H2,1-2H3. The van der Waals surface area contributed by atoms with Gasteiger partial charge in [0.25, 0.3) is 0 Å². The van der Waals surface area contributed by atoms with Gasteiger partial charge in [0.15, 0.2) is 5.82 Å². The number of aromatic nitrogens is 2. The fraction of sp³-hybridized carbons (Fsp3) is 0.800. The first-order valence-corrected chi connectivity index (χ1v) is 5.75. The minimum absolute atomic E-state index is 0.306. The summed E-state index contributed by atoms with van der Waals surface area (Å²) in [5, 5.41) is 3.96. The lowest BCUT2D eigenvalue weighted by molar-refractivity contribution is 0.370. The van der Waals surface area contributed by atoms with Crippen LogP contribution in [0.4, 0.5) is 6.01 Å². The molecule has 1 aromatic heterocycles. The second-order valence-corrected chi connectivity index (χ2v) is 4.52. The Balaban J connectivity index is 1.97. The smallest absolute Gasteiger partial charge is 0.324 e. The Bertz CT molecular complexity index is 330. The van der Waals surface area contributed by atoms with Crippen LogP contribution in [0, 0.1) is 0 Å². The van der Waals surface area contributed by atoms with Crippen molar-refractivity contribution in [1.29, 1.82) is 0 Å². The number of hydrazine groups is 1. The second kappa shape index (κ2) is 4.80. The maximum absolute atomic E-state index is 5.41. The molecule has 1 saturated heterocycles. The monoisotopic (exact) mass is 225 g/mol. The van der Waals surface area contributed by atoms with Crippen molar-refractivity contribution in [3.05, 3.63) is 5.82 Å². The molecule has 6 nitrogen and oxygen atoms in total. The molecule has 1 aromatic rings. The average Bonchev–Trinajstić information content (AvgIpc) is 2.78. The minimum atomic E-state index is 0.306. The third kappa shape index (κ3) is 2.33. The summed E-state index contributed by atoms with van der Waals surface area (Å²) in [6, 6.07) is 1.04. The Morgan fingerprint density at radius 3 is 2.62 bits per heavy atom. The molecule has 16 heavy (non-hydrogen) atoms. The van der Waals surface area contributed by atoms with Gasteiger partial charge in [-0.15, -0.1) is 0 Å². The Morgan fingerprint density at radius 1 is 1.44 bits per heavy atom. The maximum atomic E-state index is 5.41. The van der Waals surface area contributed by atoms with E-state index in [0.29, 0.717) is 18.0 Å². The van der Waals surface area contributed by atoms with E-state index in [1.807, 2.05) is 0 Å². The van der Waals surface area contributed by atoms with Crippen LogP contribution < -0.4 is 16.2 Å². The molecule has 0 amide bonds. The summed E-state index contributed by atoms with van der Waals surface area (Å²) >= 11 is 0. The number of nitrogens with one attached hydrogen (secondary N) is 1. The van der Waals surface area contributed by atoms with Crippen molar-refractivity contribution in [2.45, 2.75) is 38.6 Å². The molecule has 1 aliphatic rings. The number of hydrogen-bond acceptors (Lipinski definition) is 6. The summed E-state index contributed by atoms with van der Waals surface area (Å²) in [4.78, 5) is 6.50. The van der Waals surface area contributed by atoms with E-state index in [9.17, 15) is 0 Å². The van der Waals surface area contributed by atoms with Crippen molar-refractivity contribution < 1.29 is 4.52 Å². The molecule has 0 radical (unpaired) electrons. The molecule has 0 bridgehead atoms. The Labute approximate surface area is 95.1 Å². The first kappa shape index (κ1) is 11.3. The van der Waals surface area contributed by atoms with Crippen LogP contribution in [0.3, 0.4) is 0 Å². The van der Waals surface area contributed by atoms with Crippen LogP contribution in [0.2, 0.25) is 0 Å². The van der Waals surface area contributed by atoms with Gasteiger partial charge in [0.2, 0.25) is 0 Å². The third-order valence-corrected chi connectivity index (χ3v) is 2.95. The van der Waals surface area contributed by atoms with Crippen molar-refractivity contribution in [1.82, 2.24) is 15.6 Å².